The van der Waals surface area contributed by atoms with Crippen molar-refractivity contribution in [2.24, 2.45) is 5.41 Å². The standard InChI is InChI=1S/C29H19BrCl3F6NO2/c30-21-10-15(5-7-20(29(37,38)39)16-11-22(31)25(33)23(32)12-16)4-6-19(21)24(41)14-27(8-9-27)26(42)40-18-3-1-2-17(13-18)28(34,35)36/h1-7,10-13,20H,8-9,14H2,(H,40,42)/b7-5+. The van der Waals surface area contributed by atoms with Gasteiger partial charge >= 0.3 is 12.4 Å². The van der Waals surface area contributed by atoms with Crippen molar-refractivity contribution < 1.29 is 35.9 Å². The molecule has 3 aromatic rings. The minimum atomic E-state index is -4.67. The molecule has 222 valence electrons. The average molecular weight is 714 g/mol. The van der Waals surface area contributed by atoms with E-state index in [1.165, 1.54) is 36.4 Å². The van der Waals surface area contributed by atoms with Crippen molar-refractivity contribution in [3.63, 3.8) is 0 Å². The van der Waals surface area contributed by atoms with Crippen molar-refractivity contribution in [1.82, 2.24) is 0 Å². The number of benzene rings is 3. The molecule has 3 nitrogen and oxygen atoms in total. The molecule has 1 amide bonds. The van der Waals surface area contributed by atoms with E-state index in [1.54, 1.807) is 0 Å². The van der Waals surface area contributed by atoms with Gasteiger partial charge in [-0.25, -0.2) is 0 Å². The Morgan fingerprint density at radius 1 is 0.952 bits per heavy atom. The summed E-state index contributed by atoms with van der Waals surface area (Å²) in [7, 11) is 0. The van der Waals surface area contributed by atoms with E-state index in [0.717, 1.165) is 30.3 Å². The van der Waals surface area contributed by atoms with Gasteiger partial charge in [0.2, 0.25) is 5.91 Å². The number of allylic oxidation sites excluding steroid dienone is 1. The van der Waals surface area contributed by atoms with E-state index < -0.39 is 40.9 Å². The Morgan fingerprint density at radius 2 is 1.60 bits per heavy atom. The Balaban J connectivity index is 1.48. The fourth-order valence-electron chi connectivity index (χ4n) is 4.31. The molecular weight excluding hydrogens is 695 g/mol. The number of hydrogen-bond acceptors (Lipinski definition) is 2. The molecule has 1 saturated carbocycles. The Kier molecular flexibility index (Phi) is 9.43. The van der Waals surface area contributed by atoms with E-state index in [0.29, 0.717) is 22.9 Å². The molecule has 4 rings (SSSR count). The van der Waals surface area contributed by atoms with E-state index in [9.17, 15) is 35.9 Å². The lowest BCUT2D eigenvalue weighted by atomic mass is 9.93. The molecule has 0 spiro atoms. The fourth-order valence-corrected chi connectivity index (χ4v) is 5.54. The lowest BCUT2D eigenvalue weighted by molar-refractivity contribution is -0.139. The van der Waals surface area contributed by atoms with Crippen molar-refractivity contribution in [2.45, 2.75) is 37.5 Å². The summed E-state index contributed by atoms with van der Waals surface area (Å²) in [6, 6.07) is 10.7. The van der Waals surface area contributed by atoms with Crippen molar-refractivity contribution in [3.05, 3.63) is 102 Å². The Labute approximate surface area is 260 Å². The third kappa shape index (κ3) is 7.51. The fraction of sp³-hybridized carbons (Fsp3) is 0.241. The molecule has 1 aliphatic rings. The molecule has 0 aliphatic heterocycles. The topological polar surface area (TPSA) is 46.2 Å². The predicted molar refractivity (Wildman–Crippen MR) is 154 cm³/mol. The first-order valence-electron chi connectivity index (χ1n) is 12.2. The zero-order valence-corrected chi connectivity index (χ0v) is 25.0. The molecule has 1 aliphatic carbocycles. The van der Waals surface area contributed by atoms with Gasteiger partial charge in [0.1, 0.15) is 0 Å². The quantitative estimate of drug-likeness (QED) is 0.144. The van der Waals surface area contributed by atoms with Gasteiger partial charge in [0.25, 0.3) is 0 Å². The van der Waals surface area contributed by atoms with E-state index in [2.05, 4.69) is 21.2 Å². The summed E-state index contributed by atoms with van der Waals surface area (Å²) in [5.41, 5.74) is -1.67. The number of carbonyl (C=O) groups excluding carboxylic acids is 2. The van der Waals surface area contributed by atoms with Crippen LogP contribution >= 0.6 is 50.7 Å². The number of anilines is 1. The van der Waals surface area contributed by atoms with E-state index in [1.807, 2.05) is 0 Å². The van der Waals surface area contributed by atoms with Gasteiger partial charge in [-0.3, -0.25) is 9.59 Å². The molecule has 1 N–H and O–H groups in total. The number of carbonyl (C=O) groups is 2. The van der Waals surface area contributed by atoms with Gasteiger partial charge in [0, 0.05) is 22.1 Å². The normalized spacial score (nSPS) is 15.5. The molecular formula is C29H19BrCl3F6NO2. The molecule has 0 heterocycles. The Morgan fingerprint density at radius 3 is 2.14 bits per heavy atom. The molecule has 0 aromatic heterocycles. The Hall–Kier alpha value is -2.53. The first kappa shape index (κ1) is 32.4. The van der Waals surface area contributed by atoms with Gasteiger partial charge in [0.05, 0.1) is 32.0 Å². The van der Waals surface area contributed by atoms with E-state index in [4.69, 9.17) is 34.8 Å². The minimum absolute atomic E-state index is 0.0360. The van der Waals surface area contributed by atoms with Gasteiger partial charge in [-0.15, -0.1) is 0 Å². The maximum atomic E-state index is 13.9. The number of Topliss-reactive ketones (excluding diaryl/α,β-unsaturated/α-hetero) is 1. The predicted octanol–water partition coefficient (Wildman–Crippen LogP) is 10.8. The molecule has 0 bridgehead atoms. The molecule has 1 fully saturated rings. The summed E-state index contributed by atoms with van der Waals surface area (Å²) in [4.78, 5) is 26.0. The van der Waals surface area contributed by atoms with Crippen LogP contribution < -0.4 is 5.32 Å². The average Bonchev–Trinajstić information content (AvgIpc) is 3.67. The zero-order chi connectivity index (χ0) is 31.0. The second-order valence-electron chi connectivity index (χ2n) is 9.83. The largest absolute Gasteiger partial charge is 0.416 e. The zero-order valence-electron chi connectivity index (χ0n) is 21.1. The van der Waals surface area contributed by atoms with Crippen molar-refractivity contribution >= 4 is 74.2 Å². The minimum Gasteiger partial charge on any atom is -0.326 e. The summed E-state index contributed by atoms with van der Waals surface area (Å²) in [6.45, 7) is 0. The number of alkyl halides is 6. The van der Waals surface area contributed by atoms with E-state index in [-0.39, 0.29) is 38.3 Å². The van der Waals surface area contributed by atoms with Gasteiger partial charge in [-0.2, -0.15) is 26.3 Å². The van der Waals surface area contributed by atoms with Crippen LogP contribution in [0.1, 0.15) is 52.2 Å². The highest BCUT2D eigenvalue weighted by atomic mass is 79.9. The van der Waals surface area contributed by atoms with Crippen molar-refractivity contribution in [2.75, 3.05) is 5.32 Å². The molecule has 1 unspecified atom stereocenters. The first-order chi connectivity index (χ1) is 19.5. The van der Waals surface area contributed by atoms with Crippen LogP contribution in [0, 0.1) is 5.41 Å². The summed E-state index contributed by atoms with van der Waals surface area (Å²) in [6.07, 6.45) is -6.53. The Bertz CT molecular complexity index is 1540. The number of halogens is 10. The van der Waals surface area contributed by atoms with Crippen LogP contribution in [0.2, 0.25) is 15.1 Å². The summed E-state index contributed by atoms with van der Waals surface area (Å²) >= 11 is 21.0. The SMILES string of the molecule is O=C(CC1(C(=O)Nc2cccc(C(F)(F)F)c2)CC1)c1ccc(/C=C/C(c2cc(Cl)c(Cl)c(Cl)c2)C(F)(F)F)cc1Br. The van der Waals surface area contributed by atoms with Crippen molar-refractivity contribution in [3.8, 4) is 0 Å². The van der Waals surface area contributed by atoms with Gasteiger partial charge < -0.3 is 5.32 Å². The number of rotatable bonds is 8. The number of ketones is 1. The molecule has 3 aromatic carbocycles. The number of amides is 1. The van der Waals surface area contributed by atoms with Gasteiger partial charge in [-0.05, 0) is 66.4 Å². The second kappa shape index (κ2) is 12.2. The van der Waals surface area contributed by atoms with Crippen LogP contribution in [0.4, 0.5) is 32.0 Å². The van der Waals surface area contributed by atoms with Crippen LogP contribution in [0.25, 0.3) is 6.08 Å². The maximum Gasteiger partial charge on any atom is 0.416 e. The van der Waals surface area contributed by atoms with Crippen molar-refractivity contribution in [1.29, 1.82) is 0 Å². The van der Waals surface area contributed by atoms with Crippen LogP contribution in [0.5, 0.6) is 0 Å². The highest BCUT2D eigenvalue weighted by molar-refractivity contribution is 9.10. The van der Waals surface area contributed by atoms with Gasteiger partial charge in [-0.1, -0.05) is 75.0 Å². The first-order valence-corrected chi connectivity index (χ1v) is 14.1. The molecule has 0 saturated heterocycles. The second-order valence-corrected chi connectivity index (χ2v) is 11.9. The number of hydrogen-bond donors (Lipinski definition) is 1. The molecule has 0 radical (unpaired) electrons. The summed E-state index contributed by atoms with van der Waals surface area (Å²) in [5, 5.41) is 2.17. The maximum absolute atomic E-state index is 13.9. The highest BCUT2D eigenvalue weighted by Gasteiger charge is 2.51. The lowest BCUT2D eigenvalue weighted by Crippen LogP contribution is -2.27. The molecule has 13 heteroatoms. The third-order valence-corrected chi connectivity index (χ3v) is 8.63. The molecule has 42 heavy (non-hydrogen) atoms. The monoisotopic (exact) mass is 711 g/mol. The van der Waals surface area contributed by atoms with Crippen LogP contribution in [-0.4, -0.2) is 17.9 Å². The lowest BCUT2D eigenvalue weighted by Gasteiger charge is -2.18. The van der Waals surface area contributed by atoms with E-state index >= 15 is 0 Å². The smallest absolute Gasteiger partial charge is 0.326 e. The van der Waals surface area contributed by atoms with Gasteiger partial charge in [0.15, 0.2) is 5.78 Å². The van der Waals surface area contributed by atoms with Crippen LogP contribution in [0.15, 0.2) is 65.1 Å². The van der Waals surface area contributed by atoms with Crippen LogP contribution in [0.3, 0.4) is 0 Å². The summed E-state index contributed by atoms with van der Waals surface area (Å²) < 4.78 is 80.9. The van der Waals surface area contributed by atoms with Crippen LogP contribution in [-0.2, 0) is 11.0 Å². The third-order valence-electron chi connectivity index (χ3n) is 6.77. The summed E-state index contributed by atoms with van der Waals surface area (Å²) in [5.74, 6) is -3.02. The number of nitrogens with one attached hydrogen (secondary N) is 1. The molecule has 1 atom stereocenters. The highest BCUT2D eigenvalue weighted by Crippen LogP contribution is 2.51.